The first kappa shape index (κ1) is 16.8. The van der Waals surface area contributed by atoms with E-state index < -0.39 is 0 Å². The molecule has 3 N–H and O–H groups in total. The van der Waals surface area contributed by atoms with Crippen LogP contribution < -0.4 is 11.1 Å². The monoisotopic (exact) mass is 299 g/mol. The van der Waals surface area contributed by atoms with Gasteiger partial charge < -0.3 is 15.8 Å². The molecular weight excluding hydrogens is 278 g/mol. The van der Waals surface area contributed by atoms with Crippen molar-refractivity contribution in [3.8, 4) is 0 Å². The van der Waals surface area contributed by atoms with Gasteiger partial charge in [-0.25, -0.2) is 0 Å². The molecule has 6 heteroatoms. The Hall–Kier alpha value is -1.30. The smallest absolute Gasteiger partial charge is 0.238 e. The Labute approximate surface area is 125 Å². The van der Waals surface area contributed by atoms with Crippen molar-refractivity contribution in [2.45, 2.75) is 19.9 Å². The second kappa shape index (κ2) is 8.09. The molecule has 0 spiro atoms. The molecule has 20 heavy (non-hydrogen) atoms. The number of hydrogen-bond donors (Lipinski definition) is 2. The van der Waals surface area contributed by atoms with Crippen LogP contribution in [0.5, 0.6) is 0 Å². The molecule has 0 aliphatic heterocycles. The van der Waals surface area contributed by atoms with Crippen molar-refractivity contribution >= 4 is 28.9 Å². The van der Waals surface area contributed by atoms with E-state index in [2.05, 4.69) is 5.32 Å². The van der Waals surface area contributed by atoms with Gasteiger partial charge in [0.05, 0.1) is 23.9 Å². The van der Waals surface area contributed by atoms with Crippen molar-refractivity contribution in [3.63, 3.8) is 0 Å². The van der Waals surface area contributed by atoms with E-state index in [4.69, 9.17) is 22.1 Å². The van der Waals surface area contributed by atoms with E-state index in [-0.39, 0.29) is 11.9 Å². The zero-order valence-corrected chi connectivity index (χ0v) is 12.9. The van der Waals surface area contributed by atoms with Gasteiger partial charge in [0, 0.05) is 18.8 Å². The first-order valence-corrected chi connectivity index (χ1v) is 6.93. The highest BCUT2D eigenvalue weighted by atomic mass is 35.5. The van der Waals surface area contributed by atoms with Crippen LogP contribution >= 0.6 is 11.6 Å². The van der Waals surface area contributed by atoms with Crippen LogP contribution in [0.1, 0.15) is 13.8 Å². The van der Waals surface area contributed by atoms with Crippen LogP contribution in [0, 0.1) is 0 Å². The third-order valence-corrected chi connectivity index (χ3v) is 3.41. The number of likely N-dealkylation sites (N-methyl/N-ethyl adjacent to an activating group) is 1. The minimum atomic E-state index is -0.0866. The van der Waals surface area contributed by atoms with Gasteiger partial charge in [-0.3, -0.25) is 9.69 Å². The molecule has 1 rings (SSSR count). The van der Waals surface area contributed by atoms with Gasteiger partial charge in [0.1, 0.15) is 0 Å². The Morgan fingerprint density at radius 1 is 1.55 bits per heavy atom. The SMILES string of the molecule is CCN(CC(=O)Nc1ccc(Cl)c(N)c1)C(C)COC. The average molecular weight is 300 g/mol. The fraction of sp³-hybridized carbons (Fsp3) is 0.500. The molecule has 5 nitrogen and oxygen atoms in total. The highest BCUT2D eigenvalue weighted by Gasteiger charge is 2.15. The Balaban J connectivity index is 2.59. The zero-order valence-electron chi connectivity index (χ0n) is 12.1. The topological polar surface area (TPSA) is 67.6 Å². The van der Waals surface area contributed by atoms with Gasteiger partial charge in [0.25, 0.3) is 0 Å². The van der Waals surface area contributed by atoms with E-state index in [9.17, 15) is 4.79 Å². The van der Waals surface area contributed by atoms with Crippen LogP contribution in [0.3, 0.4) is 0 Å². The molecule has 0 bridgehead atoms. The van der Waals surface area contributed by atoms with Crippen LogP contribution in [0.2, 0.25) is 5.02 Å². The molecule has 0 aliphatic carbocycles. The molecular formula is C14H22ClN3O2. The molecule has 0 aromatic heterocycles. The second-order valence-electron chi connectivity index (χ2n) is 4.65. The summed E-state index contributed by atoms with van der Waals surface area (Å²) in [6, 6.07) is 5.23. The summed E-state index contributed by atoms with van der Waals surface area (Å²) in [4.78, 5) is 14.1. The highest BCUT2D eigenvalue weighted by molar-refractivity contribution is 6.33. The maximum absolute atomic E-state index is 12.0. The molecule has 1 amide bonds. The maximum atomic E-state index is 12.0. The molecule has 0 aliphatic rings. The van der Waals surface area contributed by atoms with Crippen molar-refractivity contribution in [1.29, 1.82) is 0 Å². The predicted molar refractivity (Wildman–Crippen MR) is 83.1 cm³/mol. The number of anilines is 2. The summed E-state index contributed by atoms with van der Waals surface area (Å²) in [6.07, 6.45) is 0. The molecule has 1 aromatic carbocycles. The first-order valence-electron chi connectivity index (χ1n) is 6.55. The normalized spacial score (nSPS) is 12.4. The van der Waals surface area contributed by atoms with E-state index in [0.29, 0.717) is 29.5 Å². The summed E-state index contributed by atoms with van der Waals surface area (Å²) < 4.78 is 5.11. The van der Waals surface area contributed by atoms with Gasteiger partial charge in [-0.2, -0.15) is 0 Å². The number of ether oxygens (including phenoxy) is 1. The minimum Gasteiger partial charge on any atom is -0.397 e. The molecule has 1 unspecified atom stereocenters. The third-order valence-electron chi connectivity index (χ3n) is 3.06. The van der Waals surface area contributed by atoms with E-state index in [1.165, 1.54) is 0 Å². The molecule has 0 saturated carbocycles. The van der Waals surface area contributed by atoms with Crippen molar-refractivity contribution < 1.29 is 9.53 Å². The van der Waals surface area contributed by atoms with Gasteiger partial charge in [-0.15, -0.1) is 0 Å². The number of methoxy groups -OCH3 is 1. The Morgan fingerprint density at radius 3 is 2.80 bits per heavy atom. The number of nitrogen functional groups attached to an aromatic ring is 1. The summed E-state index contributed by atoms with van der Waals surface area (Å²) in [5.74, 6) is -0.0866. The molecule has 1 aromatic rings. The third kappa shape index (κ3) is 5.00. The molecule has 112 valence electrons. The number of carbonyl (C=O) groups excluding carboxylic acids is 1. The number of nitrogens with one attached hydrogen (secondary N) is 1. The molecule has 0 heterocycles. The van der Waals surface area contributed by atoms with E-state index in [0.717, 1.165) is 6.54 Å². The first-order chi connectivity index (χ1) is 9.47. The molecule has 0 saturated heterocycles. The average Bonchev–Trinajstić information content (AvgIpc) is 2.40. The van der Waals surface area contributed by atoms with Crippen LogP contribution in [-0.2, 0) is 9.53 Å². The summed E-state index contributed by atoms with van der Waals surface area (Å²) in [7, 11) is 1.65. The van der Waals surface area contributed by atoms with Gasteiger partial charge in [-0.1, -0.05) is 18.5 Å². The Morgan fingerprint density at radius 2 is 2.25 bits per heavy atom. The maximum Gasteiger partial charge on any atom is 0.238 e. The lowest BCUT2D eigenvalue weighted by Crippen LogP contribution is -2.41. The number of nitrogens with two attached hydrogens (primary N) is 1. The van der Waals surface area contributed by atoms with Crippen LogP contribution in [-0.4, -0.2) is 43.7 Å². The quantitative estimate of drug-likeness (QED) is 0.758. The van der Waals surface area contributed by atoms with Crippen LogP contribution in [0.15, 0.2) is 18.2 Å². The van der Waals surface area contributed by atoms with Crippen molar-refractivity contribution in [3.05, 3.63) is 23.2 Å². The number of hydrogen-bond acceptors (Lipinski definition) is 4. The fourth-order valence-corrected chi connectivity index (χ4v) is 2.05. The van der Waals surface area contributed by atoms with E-state index >= 15 is 0 Å². The summed E-state index contributed by atoms with van der Waals surface area (Å²) >= 11 is 5.84. The fourth-order valence-electron chi connectivity index (χ4n) is 1.93. The number of rotatable bonds is 7. The number of nitrogens with zero attached hydrogens (tertiary/aromatic N) is 1. The summed E-state index contributed by atoms with van der Waals surface area (Å²) in [5, 5.41) is 3.29. The Bertz CT molecular complexity index is 454. The van der Waals surface area contributed by atoms with Crippen LogP contribution in [0.25, 0.3) is 0 Å². The van der Waals surface area contributed by atoms with Gasteiger partial charge in [0.15, 0.2) is 0 Å². The standard InChI is InChI=1S/C14H22ClN3O2/c1-4-18(10(2)9-20-3)8-14(19)17-11-5-6-12(15)13(16)7-11/h5-7,10H,4,8-9,16H2,1-3H3,(H,17,19). The molecule has 0 fully saturated rings. The molecule has 1 atom stereocenters. The summed E-state index contributed by atoms with van der Waals surface area (Å²) in [5.41, 5.74) is 6.80. The molecule has 0 radical (unpaired) electrons. The number of carbonyl (C=O) groups is 1. The Kier molecular flexibility index (Phi) is 6.78. The number of amides is 1. The highest BCUT2D eigenvalue weighted by Crippen LogP contribution is 2.22. The van der Waals surface area contributed by atoms with Gasteiger partial charge in [-0.05, 0) is 31.7 Å². The number of benzene rings is 1. The minimum absolute atomic E-state index is 0.0866. The lowest BCUT2D eigenvalue weighted by Gasteiger charge is -2.26. The zero-order chi connectivity index (χ0) is 15.1. The second-order valence-corrected chi connectivity index (χ2v) is 5.06. The predicted octanol–water partition coefficient (Wildman–Crippen LogP) is 2.22. The lowest BCUT2D eigenvalue weighted by molar-refractivity contribution is -0.118. The van der Waals surface area contributed by atoms with Crippen molar-refractivity contribution in [2.24, 2.45) is 0 Å². The van der Waals surface area contributed by atoms with E-state index in [1.807, 2.05) is 18.7 Å². The van der Waals surface area contributed by atoms with Crippen molar-refractivity contribution in [2.75, 3.05) is 37.9 Å². The van der Waals surface area contributed by atoms with Crippen molar-refractivity contribution in [1.82, 2.24) is 4.90 Å². The number of halogens is 1. The summed E-state index contributed by atoms with van der Waals surface area (Å²) in [6.45, 7) is 5.72. The van der Waals surface area contributed by atoms with Gasteiger partial charge >= 0.3 is 0 Å². The van der Waals surface area contributed by atoms with E-state index in [1.54, 1.807) is 25.3 Å². The largest absolute Gasteiger partial charge is 0.397 e. The lowest BCUT2D eigenvalue weighted by atomic mass is 10.2. The van der Waals surface area contributed by atoms with Gasteiger partial charge in [0.2, 0.25) is 5.91 Å². The van der Waals surface area contributed by atoms with Crippen LogP contribution in [0.4, 0.5) is 11.4 Å².